The topological polar surface area (TPSA) is 67.6 Å². The summed E-state index contributed by atoms with van der Waals surface area (Å²) in [6, 6.07) is 19.6. The zero-order valence-corrected chi connectivity index (χ0v) is 15.2. The van der Waals surface area contributed by atoms with Crippen LogP contribution < -0.4 is 11.1 Å². The van der Waals surface area contributed by atoms with Gasteiger partial charge < -0.3 is 15.8 Å². The number of rotatable bonds is 6. The molecule has 138 valence electrons. The maximum Gasteiger partial charge on any atom is 0.405 e. The highest BCUT2D eigenvalue weighted by Crippen LogP contribution is 2.24. The normalized spacial score (nSPS) is 20.5. The van der Waals surface area contributed by atoms with Crippen molar-refractivity contribution in [3.63, 3.8) is 0 Å². The van der Waals surface area contributed by atoms with Gasteiger partial charge in [-0.1, -0.05) is 42.5 Å². The number of aryl methyl sites for hydroxylation is 1. The van der Waals surface area contributed by atoms with Crippen molar-refractivity contribution >= 4 is 11.8 Å². The Kier molecular flexibility index (Phi) is 6.12. The first-order valence-electron chi connectivity index (χ1n) is 9.13. The van der Waals surface area contributed by atoms with Crippen LogP contribution in [0.4, 0.5) is 10.5 Å². The predicted molar refractivity (Wildman–Crippen MR) is 104 cm³/mol. The van der Waals surface area contributed by atoms with Gasteiger partial charge in [0.25, 0.3) is 0 Å². The van der Waals surface area contributed by atoms with Crippen LogP contribution in [0.5, 0.6) is 0 Å². The minimum Gasteiger partial charge on any atom is -0.434 e. The quantitative estimate of drug-likeness (QED) is 0.834. The van der Waals surface area contributed by atoms with Crippen LogP contribution in [0.3, 0.4) is 0 Å². The summed E-state index contributed by atoms with van der Waals surface area (Å²) in [6.45, 7) is 3.23. The van der Waals surface area contributed by atoms with Gasteiger partial charge in [0.1, 0.15) is 6.73 Å². The van der Waals surface area contributed by atoms with Gasteiger partial charge >= 0.3 is 6.09 Å². The van der Waals surface area contributed by atoms with Gasteiger partial charge in [0.05, 0.1) is 0 Å². The molecule has 1 amide bonds. The molecule has 0 bridgehead atoms. The van der Waals surface area contributed by atoms with E-state index in [0.717, 1.165) is 31.5 Å². The van der Waals surface area contributed by atoms with Crippen LogP contribution in [0, 0.1) is 6.92 Å². The number of piperidine rings is 1. The third-order valence-electron chi connectivity index (χ3n) is 4.91. The van der Waals surface area contributed by atoms with E-state index in [0.29, 0.717) is 12.1 Å². The van der Waals surface area contributed by atoms with Crippen molar-refractivity contribution in [2.24, 2.45) is 5.73 Å². The van der Waals surface area contributed by atoms with E-state index in [1.54, 1.807) is 0 Å². The summed E-state index contributed by atoms with van der Waals surface area (Å²) in [5.74, 6) is 0. The lowest BCUT2D eigenvalue weighted by Crippen LogP contribution is -2.48. The van der Waals surface area contributed by atoms with Crippen LogP contribution in [-0.4, -0.2) is 36.4 Å². The minimum atomic E-state index is -0.719. The van der Waals surface area contributed by atoms with Crippen molar-refractivity contribution in [3.05, 3.63) is 65.7 Å². The van der Waals surface area contributed by atoms with E-state index in [4.69, 9.17) is 10.5 Å². The summed E-state index contributed by atoms with van der Waals surface area (Å²) in [5.41, 5.74) is 8.86. The molecule has 1 aliphatic rings. The molecule has 0 spiro atoms. The number of ether oxygens (including phenoxy) is 1. The van der Waals surface area contributed by atoms with Gasteiger partial charge in [-0.15, -0.1) is 0 Å². The predicted octanol–water partition coefficient (Wildman–Crippen LogP) is 3.54. The highest BCUT2D eigenvalue weighted by molar-refractivity contribution is 5.64. The zero-order chi connectivity index (χ0) is 18.4. The number of hydrogen-bond acceptors (Lipinski definition) is 4. The fourth-order valence-electron chi connectivity index (χ4n) is 3.62. The highest BCUT2D eigenvalue weighted by Gasteiger charge is 2.29. The Morgan fingerprint density at radius 1 is 1.23 bits per heavy atom. The number of amides is 1. The first-order valence-corrected chi connectivity index (χ1v) is 9.13. The Morgan fingerprint density at radius 2 is 2.04 bits per heavy atom. The molecule has 0 radical (unpaired) electrons. The molecule has 0 aromatic heterocycles. The molecule has 3 N–H and O–H groups in total. The van der Waals surface area contributed by atoms with E-state index in [9.17, 15) is 4.79 Å². The summed E-state index contributed by atoms with van der Waals surface area (Å²) in [6.07, 6.45) is 2.20. The van der Waals surface area contributed by atoms with Gasteiger partial charge in [-0.25, -0.2) is 4.79 Å². The Hall–Kier alpha value is -2.53. The summed E-state index contributed by atoms with van der Waals surface area (Å²) >= 11 is 0. The lowest BCUT2D eigenvalue weighted by Gasteiger charge is -2.39. The molecule has 1 fully saturated rings. The number of nitrogens with two attached hydrogens (primary N) is 1. The van der Waals surface area contributed by atoms with Crippen molar-refractivity contribution in [1.29, 1.82) is 0 Å². The molecular weight excluding hydrogens is 326 g/mol. The van der Waals surface area contributed by atoms with E-state index >= 15 is 0 Å². The van der Waals surface area contributed by atoms with Crippen molar-refractivity contribution in [2.75, 3.05) is 18.6 Å². The second kappa shape index (κ2) is 8.72. The molecule has 0 saturated carbocycles. The molecule has 2 unspecified atom stereocenters. The molecule has 1 saturated heterocycles. The third kappa shape index (κ3) is 5.23. The fourth-order valence-corrected chi connectivity index (χ4v) is 3.62. The number of carbonyl (C=O) groups is 1. The van der Waals surface area contributed by atoms with Crippen molar-refractivity contribution in [3.8, 4) is 0 Å². The molecular formula is C21H27N3O2. The lowest BCUT2D eigenvalue weighted by molar-refractivity contribution is 0.0270. The molecule has 2 aromatic carbocycles. The van der Waals surface area contributed by atoms with E-state index < -0.39 is 6.09 Å². The number of primary amides is 1. The molecule has 1 heterocycles. The van der Waals surface area contributed by atoms with Crippen molar-refractivity contribution in [1.82, 2.24) is 4.90 Å². The fraction of sp³-hybridized carbons (Fsp3) is 0.381. The van der Waals surface area contributed by atoms with Crippen LogP contribution in [0.2, 0.25) is 0 Å². The molecule has 26 heavy (non-hydrogen) atoms. The van der Waals surface area contributed by atoms with Crippen LogP contribution >= 0.6 is 0 Å². The van der Waals surface area contributed by atoms with Gasteiger partial charge in [0, 0.05) is 24.3 Å². The smallest absolute Gasteiger partial charge is 0.405 e. The molecule has 2 atom stereocenters. The minimum absolute atomic E-state index is 0.254. The number of hydrogen-bond donors (Lipinski definition) is 2. The molecule has 1 aliphatic heterocycles. The standard InChI is InChI=1S/C21H27N3O2/c1-16-6-5-9-18(12-16)23-19-10-11-24(15-26-21(22)25)20(14-19)13-17-7-3-2-4-8-17/h2-9,12,19-20,23H,10-11,13-15H2,1H3,(H2,22,25). The Balaban J connectivity index is 1.67. The number of anilines is 1. The van der Waals surface area contributed by atoms with Crippen molar-refractivity contribution < 1.29 is 9.53 Å². The number of benzene rings is 2. The van der Waals surface area contributed by atoms with Crippen LogP contribution in [-0.2, 0) is 11.2 Å². The van der Waals surface area contributed by atoms with Crippen LogP contribution in [0.15, 0.2) is 54.6 Å². The molecule has 2 aromatic rings. The van der Waals surface area contributed by atoms with Gasteiger partial charge in [-0.3, -0.25) is 4.90 Å². The zero-order valence-electron chi connectivity index (χ0n) is 15.2. The lowest BCUT2D eigenvalue weighted by atomic mass is 9.92. The van der Waals surface area contributed by atoms with E-state index in [-0.39, 0.29) is 6.73 Å². The van der Waals surface area contributed by atoms with Gasteiger partial charge in [0.15, 0.2) is 0 Å². The van der Waals surface area contributed by atoms with Crippen LogP contribution in [0.1, 0.15) is 24.0 Å². The van der Waals surface area contributed by atoms with Gasteiger partial charge in [-0.2, -0.15) is 0 Å². The average Bonchev–Trinajstić information content (AvgIpc) is 2.62. The van der Waals surface area contributed by atoms with E-state index in [2.05, 4.69) is 65.7 Å². The molecule has 0 aliphatic carbocycles. The number of nitrogens with zero attached hydrogens (tertiary/aromatic N) is 1. The second-order valence-corrected chi connectivity index (χ2v) is 6.98. The number of carbonyl (C=O) groups excluding carboxylic acids is 1. The highest BCUT2D eigenvalue weighted by atomic mass is 16.6. The van der Waals surface area contributed by atoms with Gasteiger partial charge in [0.2, 0.25) is 0 Å². The van der Waals surface area contributed by atoms with Gasteiger partial charge in [-0.05, 0) is 49.4 Å². The SMILES string of the molecule is Cc1cccc(NC2CCN(COC(N)=O)C(Cc3ccccc3)C2)c1. The maximum absolute atomic E-state index is 11.0. The average molecular weight is 353 g/mol. The van der Waals surface area contributed by atoms with Crippen LogP contribution in [0.25, 0.3) is 0 Å². The monoisotopic (exact) mass is 353 g/mol. The number of likely N-dealkylation sites (tertiary alicyclic amines) is 1. The van der Waals surface area contributed by atoms with E-state index in [1.165, 1.54) is 11.1 Å². The third-order valence-corrected chi connectivity index (χ3v) is 4.91. The summed E-state index contributed by atoms with van der Waals surface area (Å²) in [5, 5.41) is 3.66. The first-order chi connectivity index (χ1) is 12.6. The Morgan fingerprint density at radius 3 is 2.77 bits per heavy atom. The summed E-state index contributed by atoms with van der Waals surface area (Å²) in [4.78, 5) is 13.2. The first kappa shape index (κ1) is 18.3. The second-order valence-electron chi connectivity index (χ2n) is 6.98. The van der Waals surface area contributed by atoms with Crippen molar-refractivity contribution in [2.45, 2.75) is 38.3 Å². The summed E-state index contributed by atoms with van der Waals surface area (Å²) in [7, 11) is 0. The molecule has 5 nitrogen and oxygen atoms in total. The Bertz CT molecular complexity index is 720. The Labute approximate surface area is 155 Å². The number of nitrogens with one attached hydrogen (secondary N) is 1. The molecule has 5 heteroatoms. The summed E-state index contributed by atoms with van der Waals surface area (Å²) < 4.78 is 5.06. The van der Waals surface area contributed by atoms with E-state index in [1.807, 2.05) is 6.07 Å². The maximum atomic E-state index is 11.0. The largest absolute Gasteiger partial charge is 0.434 e. The molecule has 3 rings (SSSR count).